The van der Waals surface area contributed by atoms with Crippen molar-refractivity contribution in [1.29, 1.82) is 0 Å². The fourth-order valence-corrected chi connectivity index (χ4v) is 6.11. The van der Waals surface area contributed by atoms with Crippen LogP contribution in [0.3, 0.4) is 0 Å². The van der Waals surface area contributed by atoms with Crippen molar-refractivity contribution in [2.75, 3.05) is 38.1 Å². The summed E-state index contributed by atoms with van der Waals surface area (Å²) in [5, 5.41) is 5.07. The summed E-state index contributed by atoms with van der Waals surface area (Å²) >= 11 is 1.72. The Morgan fingerprint density at radius 3 is 2.42 bits per heavy atom. The molecular formula is C31H36N4O2S. The first-order valence-electron chi connectivity index (χ1n) is 13.5. The second-order valence-corrected chi connectivity index (χ2v) is 11.8. The van der Waals surface area contributed by atoms with Gasteiger partial charge in [-0.25, -0.2) is 0 Å². The first-order chi connectivity index (χ1) is 18.4. The third kappa shape index (κ3) is 6.05. The maximum absolute atomic E-state index is 13.3. The van der Waals surface area contributed by atoms with Crippen molar-refractivity contribution in [2.24, 2.45) is 10.9 Å². The van der Waals surface area contributed by atoms with Crippen LogP contribution in [0.4, 0.5) is 5.69 Å². The van der Waals surface area contributed by atoms with Crippen LogP contribution in [0.2, 0.25) is 0 Å². The van der Waals surface area contributed by atoms with E-state index in [1.807, 2.05) is 42.5 Å². The van der Waals surface area contributed by atoms with Gasteiger partial charge in [-0.05, 0) is 66.7 Å². The topological polar surface area (TPSA) is 65.0 Å². The highest BCUT2D eigenvalue weighted by Gasteiger charge is 2.23. The van der Waals surface area contributed by atoms with E-state index in [9.17, 15) is 9.59 Å². The van der Waals surface area contributed by atoms with Crippen LogP contribution in [-0.2, 0) is 6.54 Å². The highest BCUT2D eigenvalue weighted by molar-refractivity contribution is 7.10. The van der Waals surface area contributed by atoms with Crippen LogP contribution < -0.4 is 10.2 Å². The maximum Gasteiger partial charge on any atom is 0.256 e. The smallest absolute Gasteiger partial charge is 0.256 e. The molecule has 198 valence electrons. The molecule has 2 aliphatic heterocycles. The monoisotopic (exact) mass is 528 g/mol. The third-order valence-electron chi connectivity index (χ3n) is 7.46. The van der Waals surface area contributed by atoms with Crippen molar-refractivity contribution >= 4 is 34.6 Å². The van der Waals surface area contributed by atoms with E-state index in [1.54, 1.807) is 11.3 Å². The van der Waals surface area contributed by atoms with E-state index in [-0.39, 0.29) is 17.6 Å². The number of nitrogens with zero attached hydrogens (tertiary/aromatic N) is 3. The van der Waals surface area contributed by atoms with Crippen LogP contribution in [0.15, 0.2) is 65.0 Å². The largest absolute Gasteiger partial charge is 0.369 e. The predicted molar refractivity (Wildman–Crippen MR) is 156 cm³/mol. The Hall–Kier alpha value is -3.29. The van der Waals surface area contributed by atoms with Gasteiger partial charge in [0, 0.05) is 65.8 Å². The number of rotatable bonds is 8. The van der Waals surface area contributed by atoms with E-state index in [2.05, 4.69) is 58.5 Å². The number of amides is 1. The van der Waals surface area contributed by atoms with Crippen molar-refractivity contribution < 1.29 is 9.59 Å². The number of nitrogens with one attached hydrogen (secondary N) is 1. The minimum Gasteiger partial charge on any atom is -0.369 e. The van der Waals surface area contributed by atoms with Gasteiger partial charge in [0.15, 0.2) is 5.78 Å². The number of hydrogen-bond acceptors (Lipinski definition) is 6. The highest BCUT2D eigenvalue weighted by Crippen LogP contribution is 2.32. The molecule has 1 N–H and O–H groups in total. The quantitative estimate of drug-likeness (QED) is 0.387. The molecule has 0 aliphatic carbocycles. The Bertz CT molecular complexity index is 1310. The Morgan fingerprint density at radius 2 is 1.74 bits per heavy atom. The summed E-state index contributed by atoms with van der Waals surface area (Å²) in [6.45, 7) is 8.96. The lowest BCUT2D eigenvalue weighted by molar-refractivity contribution is 0.0966. The molecule has 1 unspecified atom stereocenters. The lowest BCUT2D eigenvalue weighted by Crippen LogP contribution is -2.44. The van der Waals surface area contributed by atoms with E-state index in [1.165, 1.54) is 4.88 Å². The molecule has 1 aromatic heterocycles. The highest BCUT2D eigenvalue weighted by atomic mass is 32.1. The lowest BCUT2D eigenvalue weighted by Gasteiger charge is -2.34. The molecule has 2 aromatic carbocycles. The van der Waals surface area contributed by atoms with Gasteiger partial charge in [-0.2, -0.15) is 0 Å². The van der Waals surface area contributed by atoms with Crippen molar-refractivity contribution in [2.45, 2.75) is 39.2 Å². The zero-order chi connectivity index (χ0) is 26.6. The predicted octanol–water partition coefficient (Wildman–Crippen LogP) is 5.59. The second kappa shape index (κ2) is 11.6. The van der Waals surface area contributed by atoms with Crippen LogP contribution >= 0.6 is 11.3 Å². The molecular weight excluding hydrogens is 492 g/mol. The number of fused-ring (bicyclic) bond motifs is 1. The van der Waals surface area contributed by atoms with Crippen molar-refractivity contribution in [3.8, 4) is 0 Å². The molecule has 0 saturated carbocycles. The molecule has 1 fully saturated rings. The van der Waals surface area contributed by atoms with Gasteiger partial charge in [0.1, 0.15) is 5.84 Å². The molecule has 5 rings (SSSR count). The number of anilines is 1. The lowest BCUT2D eigenvalue weighted by atomic mass is 9.89. The van der Waals surface area contributed by atoms with Gasteiger partial charge >= 0.3 is 0 Å². The summed E-state index contributed by atoms with van der Waals surface area (Å²) in [6.07, 6.45) is 1.46. The SMILES string of the molecule is CC(C)CC(CC(=O)c1ccc2c(c1)C(NC(=O)c1ccc(N3CCN(C)CC3)cc1)=NC2)c1cccs1. The minimum absolute atomic E-state index is 0.129. The Balaban J connectivity index is 1.25. The number of amidine groups is 1. The average Bonchev–Trinajstić information content (AvgIpc) is 3.59. The molecule has 3 heterocycles. The Labute approximate surface area is 229 Å². The standard InChI is InChI=1S/C31H36N4O2S/c1-21(2)17-25(29-5-4-16-38-29)19-28(36)23-6-7-24-20-32-30(27(24)18-23)33-31(37)22-8-10-26(11-9-22)35-14-12-34(3)13-15-35/h4-11,16,18,21,25H,12-15,17,19-20H2,1-3H3,(H,32,33,37). The number of likely N-dealkylation sites (N-methyl/N-ethyl adjacent to an activating group) is 1. The summed E-state index contributed by atoms with van der Waals surface area (Å²) in [4.78, 5) is 36.9. The van der Waals surface area contributed by atoms with Crippen LogP contribution in [-0.4, -0.2) is 55.7 Å². The Morgan fingerprint density at radius 1 is 1.00 bits per heavy atom. The number of hydrogen-bond donors (Lipinski definition) is 1. The zero-order valence-corrected chi connectivity index (χ0v) is 23.3. The maximum atomic E-state index is 13.3. The summed E-state index contributed by atoms with van der Waals surface area (Å²) in [5.41, 5.74) is 4.28. The van der Waals surface area contributed by atoms with Gasteiger partial charge in [-0.1, -0.05) is 32.0 Å². The van der Waals surface area contributed by atoms with Crippen LogP contribution in [0.1, 0.15) is 69.3 Å². The molecule has 1 atom stereocenters. The number of piperazine rings is 1. The van der Waals surface area contributed by atoms with E-state index >= 15 is 0 Å². The molecule has 1 amide bonds. The number of thiophene rings is 1. The number of carbonyl (C=O) groups is 2. The molecule has 0 bridgehead atoms. The van der Waals surface area contributed by atoms with Gasteiger partial charge in [0.2, 0.25) is 0 Å². The van der Waals surface area contributed by atoms with Gasteiger partial charge in [-0.15, -0.1) is 11.3 Å². The van der Waals surface area contributed by atoms with Gasteiger partial charge in [0.25, 0.3) is 5.91 Å². The summed E-state index contributed by atoms with van der Waals surface area (Å²) in [7, 11) is 2.14. The van der Waals surface area contributed by atoms with Crippen LogP contribution in [0.25, 0.3) is 0 Å². The normalized spacial score (nSPS) is 16.3. The summed E-state index contributed by atoms with van der Waals surface area (Å²) < 4.78 is 0. The van der Waals surface area contributed by atoms with Crippen molar-refractivity contribution in [3.05, 3.63) is 87.1 Å². The van der Waals surface area contributed by atoms with E-state index < -0.39 is 0 Å². The number of Topliss-reactive ketones (excluding diaryl/α,β-unsaturated/α-hetero) is 1. The van der Waals surface area contributed by atoms with E-state index in [4.69, 9.17) is 0 Å². The number of benzene rings is 2. The van der Waals surface area contributed by atoms with E-state index in [0.29, 0.717) is 35.8 Å². The molecule has 38 heavy (non-hydrogen) atoms. The van der Waals surface area contributed by atoms with Crippen LogP contribution in [0.5, 0.6) is 0 Å². The average molecular weight is 529 g/mol. The molecule has 3 aromatic rings. The van der Waals surface area contributed by atoms with Gasteiger partial charge in [0.05, 0.1) is 6.54 Å². The number of aliphatic imine (C=N–C) groups is 1. The molecule has 0 spiro atoms. The van der Waals surface area contributed by atoms with E-state index in [0.717, 1.165) is 49.4 Å². The second-order valence-electron chi connectivity index (χ2n) is 10.8. The molecule has 1 saturated heterocycles. The third-order valence-corrected chi connectivity index (χ3v) is 8.49. The summed E-state index contributed by atoms with van der Waals surface area (Å²) in [6, 6.07) is 17.7. The van der Waals surface area contributed by atoms with Gasteiger partial charge in [-0.3, -0.25) is 14.6 Å². The number of ketones is 1. The van der Waals surface area contributed by atoms with Crippen molar-refractivity contribution in [1.82, 2.24) is 10.2 Å². The molecule has 6 nitrogen and oxygen atoms in total. The van der Waals surface area contributed by atoms with Gasteiger partial charge < -0.3 is 15.1 Å². The minimum atomic E-state index is -0.187. The fraction of sp³-hybridized carbons (Fsp3) is 0.387. The van der Waals surface area contributed by atoms with Crippen LogP contribution in [0, 0.1) is 5.92 Å². The molecule has 0 radical (unpaired) electrons. The van der Waals surface area contributed by atoms with Crippen molar-refractivity contribution in [3.63, 3.8) is 0 Å². The first-order valence-corrected chi connectivity index (χ1v) is 14.3. The molecule has 7 heteroatoms. The Kier molecular flexibility index (Phi) is 8.05. The zero-order valence-electron chi connectivity index (χ0n) is 22.4. The number of carbonyl (C=O) groups excluding carboxylic acids is 2. The first kappa shape index (κ1) is 26.3. The molecule has 2 aliphatic rings. The summed E-state index contributed by atoms with van der Waals surface area (Å²) in [5.74, 6) is 1.22. The fourth-order valence-electron chi connectivity index (χ4n) is 5.27.